The lowest BCUT2D eigenvalue weighted by atomic mass is 10.1. The molecule has 0 aliphatic heterocycles. The van der Waals surface area contributed by atoms with Crippen molar-refractivity contribution in [3.8, 4) is 0 Å². The maximum absolute atomic E-state index is 13.6. The minimum Gasteiger partial charge on any atom is -0.374 e. The molecule has 0 bridgehead atoms. The Morgan fingerprint density at radius 2 is 1.87 bits per heavy atom. The van der Waals surface area contributed by atoms with Crippen LogP contribution in [-0.4, -0.2) is 23.9 Å². The van der Waals surface area contributed by atoms with Crippen LogP contribution in [-0.2, 0) is 11.3 Å². The van der Waals surface area contributed by atoms with Crippen LogP contribution in [0.2, 0.25) is 0 Å². The molecule has 0 aliphatic carbocycles. The minimum atomic E-state index is -0.425. The maximum Gasteiger partial charge on any atom is 0.244 e. The summed E-state index contributed by atoms with van der Waals surface area (Å²) in [5.74, 6) is -0.308. The Hall–Kier alpha value is -2.36. The van der Waals surface area contributed by atoms with Gasteiger partial charge in [-0.1, -0.05) is 30.3 Å². The number of halogens is 1. The van der Waals surface area contributed by atoms with Crippen LogP contribution in [0.3, 0.4) is 0 Å². The molecule has 0 aromatic heterocycles. The number of benzene rings is 2. The third-order valence-corrected chi connectivity index (χ3v) is 3.97. The summed E-state index contributed by atoms with van der Waals surface area (Å²) < 4.78 is 13.6. The van der Waals surface area contributed by atoms with Crippen molar-refractivity contribution < 1.29 is 9.18 Å². The molecule has 0 heterocycles. The van der Waals surface area contributed by atoms with Crippen molar-refractivity contribution in [3.63, 3.8) is 0 Å². The van der Waals surface area contributed by atoms with Crippen molar-refractivity contribution in [3.05, 3.63) is 65.0 Å². The molecule has 0 spiro atoms. The van der Waals surface area contributed by atoms with Crippen molar-refractivity contribution in [1.82, 2.24) is 4.90 Å². The smallest absolute Gasteiger partial charge is 0.244 e. The zero-order valence-corrected chi connectivity index (χ0v) is 14.1. The van der Waals surface area contributed by atoms with Gasteiger partial charge in [0.05, 0.1) is 0 Å². The van der Waals surface area contributed by atoms with Crippen LogP contribution >= 0.6 is 0 Å². The van der Waals surface area contributed by atoms with Gasteiger partial charge in [-0.25, -0.2) is 4.39 Å². The largest absolute Gasteiger partial charge is 0.374 e. The molecule has 2 rings (SSSR count). The number of hydrogen-bond acceptors (Lipinski definition) is 2. The Morgan fingerprint density at radius 3 is 2.52 bits per heavy atom. The second kappa shape index (κ2) is 7.27. The van der Waals surface area contributed by atoms with Crippen LogP contribution in [0.4, 0.5) is 10.1 Å². The molecule has 1 N–H and O–H groups in total. The third-order valence-electron chi connectivity index (χ3n) is 3.97. The summed E-state index contributed by atoms with van der Waals surface area (Å²) in [4.78, 5) is 14.2. The molecule has 0 radical (unpaired) electrons. The van der Waals surface area contributed by atoms with Gasteiger partial charge in [0, 0.05) is 19.3 Å². The number of hydrogen-bond donors (Lipinski definition) is 1. The van der Waals surface area contributed by atoms with Crippen LogP contribution < -0.4 is 5.32 Å². The molecule has 0 saturated carbocycles. The Balaban J connectivity index is 2.01. The van der Waals surface area contributed by atoms with Gasteiger partial charge in [0.1, 0.15) is 11.9 Å². The number of carbonyl (C=O) groups excluding carboxylic acids is 1. The van der Waals surface area contributed by atoms with E-state index in [0.29, 0.717) is 17.8 Å². The molecule has 1 amide bonds. The maximum atomic E-state index is 13.6. The predicted molar refractivity (Wildman–Crippen MR) is 91.9 cm³/mol. The molecular weight excluding hydrogens is 291 g/mol. The summed E-state index contributed by atoms with van der Waals surface area (Å²) in [5, 5.41) is 3.06. The van der Waals surface area contributed by atoms with Crippen LogP contribution in [0, 0.1) is 19.7 Å². The molecule has 23 heavy (non-hydrogen) atoms. The molecule has 1 atom stereocenters. The summed E-state index contributed by atoms with van der Waals surface area (Å²) in [6, 6.07) is 12.5. The monoisotopic (exact) mass is 314 g/mol. The number of rotatable bonds is 5. The highest BCUT2D eigenvalue weighted by Crippen LogP contribution is 2.16. The van der Waals surface area contributed by atoms with Gasteiger partial charge in [0.2, 0.25) is 5.91 Å². The fraction of sp³-hybridized carbons (Fsp3) is 0.316. The van der Waals surface area contributed by atoms with Crippen LogP contribution in [0.5, 0.6) is 0 Å². The van der Waals surface area contributed by atoms with Crippen molar-refractivity contribution >= 4 is 11.6 Å². The first kappa shape index (κ1) is 17.0. The first-order chi connectivity index (χ1) is 10.9. The molecular formula is C19H23FN2O. The van der Waals surface area contributed by atoms with Gasteiger partial charge in [-0.2, -0.15) is 0 Å². The first-order valence-corrected chi connectivity index (χ1v) is 7.70. The van der Waals surface area contributed by atoms with Gasteiger partial charge in [-0.05, 0) is 49.6 Å². The Kier molecular flexibility index (Phi) is 5.37. The van der Waals surface area contributed by atoms with E-state index in [-0.39, 0.29) is 11.7 Å². The van der Waals surface area contributed by atoms with E-state index in [0.717, 1.165) is 11.1 Å². The van der Waals surface area contributed by atoms with E-state index in [1.807, 2.05) is 31.2 Å². The molecule has 1 unspecified atom stereocenters. The molecule has 122 valence electrons. The summed E-state index contributed by atoms with van der Waals surface area (Å²) in [6.07, 6.45) is 0. The van der Waals surface area contributed by atoms with Gasteiger partial charge in [0.15, 0.2) is 0 Å². The van der Waals surface area contributed by atoms with E-state index >= 15 is 0 Å². The lowest BCUT2D eigenvalue weighted by molar-refractivity contribution is -0.130. The molecule has 0 fully saturated rings. The fourth-order valence-electron chi connectivity index (χ4n) is 2.45. The van der Waals surface area contributed by atoms with E-state index in [9.17, 15) is 9.18 Å². The van der Waals surface area contributed by atoms with Gasteiger partial charge in [-0.3, -0.25) is 4.79 Å². The van der Waals surface area contributed by atoms with E-state index in [2.05, 4.69) is 5.32 Å². The molecule has 4 heteroatoms. The minimum absolute atomic E-state index is 0.0331. The SMILES string of the molecule is Cc1ccc(NC(C)C(=O)N(C)Cc2ccccc2C)cc1F. The quantitative estimate of drug-likeness (QED) is 0.908. The van der Waals surface area contributed by atoms with Crippen molar-refractivity contribution in [2.45, 2.75) is 33.4 Å². The second-order valence-electron chi connectivity index (χ2n) is 5.95. The van der Waals surface area contributed by atoms with Crippen LogP contribution in [0.15, 0.2) is 42.5 Å². The van der Waals surface area contributed by atoms with E-state index in [4.69, 9.17) is 0 Å². The normalized spacial score (nSPS) is 11.9. The molecule has 0 aliphatic rings. The Bertz CT molecular complexity index is 700. The number of anilines is 1. The molecule has 2 aromatic rings. The number of nitrogens with zero attached hydrogens (tertiary/aromatic N) is 1. The number of likely N-dealkylation sites (N-methyl/N-ethyl adjacent to an activating group) is 1. The number of nitrogens with one attached hydrogen (secondary N) is 1. The van der Waals surface area contributed by atoms with Crippen molar-refractivity contribution in [2.75, 3.05) is 12.4 Å². The fourth-order valence-corrected chi connectivity index (χ4v) is 2.45. The van der Waals surface area contributed by atoms with E-state index in [1.165, 1.54) is 6.07 Å². The zero-order chi connectivity index (χ0) is 17.0. The topological polar surface area (TPSA) is 32.3 Å². The number of amides is 1. The van der Waals surface area contributed by atoms with Crippen molar-refractivity contribution in [1.29, 1.82) is 0 Å². The van der Waals surface area contributed by atoms with Crippen molar-refractivity contribution in [2.24, 2.45) is 0 Å². The lowest BCUT2D eigenvalue weighted by Gasteiger charge is -2.23. The van der Waals surface area contributed by atoms with Gasteiger partial charge in [-0.15, -0.1) is 0 Å². The highest BCUT2D eigenvalue weighted by atomic mass is 19.1. The standard InChI is InChI=1S/C19H23FN2O/c1-13-7-5-6-8-16(13)12-22(4)19(23)15(3)21-17-10-9-14(2)18(20)11-17/h5-11,15,21H,12H2,1-4H3. The molecule has 0 saturated heterocycles. The van der Waals surface area contributed by atoms with Gasteiger partial charge >= 0.3 is 0 Å². The summed E-state index contributed by atoms with van der Waals surface area (Å²) in [6.45, 7) is 6.09. The molecule has 3 nitrogen and oxygen atoms in total. The highest BCUT2D eigenvalue weighted by Gasteiger charge is 2.18. The average Bonchev–Trinajstić information content (AvgIpc) is 2.52. The average molecular weight is 314 g/mol. The number of aryl methyl sites for hydroxylation is 2. The Labute approximate surface area is 137 Å². The van der Waals surface area contributed by atoms with Crippen LogP contribution in [0.1, 0.15) is 23.6 Å². The summed E-state index contributed by atoms with van der Waals surface area (Å²) >= 11 is 0. The third kappa shape index (κ3) is 4.31. The Morgan fingerprint density at radius 1 is 1.17 bits per heavy atom. The van der Waals surface area contributed by atoms with Gasteiger partial charge in [0.25, 0.3) is 0 Å². The summed E-state index contributed by atoms with van der Waals surface area (Å²) in [5.41, 5.74) is 3.48. The summed E-state index contributed by atoms with van der Waals surface area (Å²) in [7, 11) is 1.78. The lowest BCUT2D eigenvalue weighted by Crippen LogP contribution is -2.38. The highest BCUT2D eigenvalue weighted by molar-refractivity contribution is 5.84. The van der Waals surface area contributed by atoms with E-state index in [1.54, 1.807) is 37.9 Å². The zero-order valence-electron chi connectivity index (χ0n) is 14.1. The van der Waals surface area contributed by atoms with Crippen LogP contribution in [0.25, 0.3) is 0 Å². The van der Waals surface area contributed by atoms with Gasteiger partial charge < -0.3 is 10.2 Å². The number of carbonyl (C=O) groups is 1. The second-order valence-corrected chi connectivity index (χ2v) is 5.95. The predicted octanol–water partition coefficient (Wildman–Crippen LogP) is 3.90. The first-order valence-electron chi connectivity index (χ1n) is 7.70. The van der Waals surface area contributed by atoms with E-state index < -0.39 is 6.04 Å². The molecule has 2 aromatic carbocycles.